The van der Waals surface area contributed by atoms with E-state index < -0.39 is 0 Å². The van der Waals surface area contributed by atoms with E-state index in [-0.39, 0.29) is 0 Å². The van der Waals surface area contributed by atoms with Crippen LogP contribution in [-0.2, 0) is 6.42 Å². The highest BCUT2D eigenvalue weighted by Gasteiger charge is 2.22. The van der Waals surface area contributed by atoms with Gasteiger partial charge in [-0.15, -0.1) is 0 Å². The molecule has 4 heteroatoms. The van der Waals surface area contributed by atoms with E-state index in [1.54, 1.807) is 0 Å². The fraction of sp³-hybridized carbons (Fsp3) is 0.692. The zero-order chi connectivity index (χ0) is 12.3. The molecule has 0 unspecified atom stereocenters. The third kappa shape index (κ3) is 2.47. The van der Waals surface area contributed by atoms with Crippen LogP contribution in [0.1, 0.15) is 62.7 Å². The lowest BCUT2D eigenvalue weighted by atomic mass is 10.1. The van der Waals surface area contributed by atoms with E-state index >= 15 is 0 Å². The number of aryl methyl sites for hydroxylation is 1. The molecule has 0 N–H and O–H groups in total. The van der Waals surface area contributed by atoms with Crippen LogP contribution >= 0.6 is 11.6 Å². The fourth-order valence-corrected chi connectivity index (χ4v) is 2.89. The third-order valence-electron chi connectivity index (χ3n) is 3.54. The summed E-state index contributed by atoms with van der Waals surface area (Å²) in [6.45, 7) is 2.01. The second kappa shape index (κ2) is 5.55. The maximum atomic E-state index is 9.11. The first-order chi connectivity index (χ1) is 8.27. The van der Waals surface area contributed by atoms with E-state index in [9.17, 15) is 0 Å². The zero-order valence-electron chi connectivity index (χ0n) is 10.2. The molecular formula is C13H18ClN3. The summed E-state index contributed by atoms with van der Waals surface area (Å²) >= 11 is 6.27. The molecule has 0 bridgehead atoms. The predicted octanol–water partition coefficient (Wildman–Crippen LogP) is 3.87. The first kappa shape index (κ1) is 12.4. The van der Waals surface area contributed by atoms with E-state index in [2.05, 4.69) is 11.2 Å². The molecule has 1 aromatic heterocycles. The quantitative estimate of drug-likeness (QED) is 0.749. The van der Waals surface area contributed by atoms with Gasteiger partial charge in [0.15, 0.2) is 0 Å². The molecule has 92 valence electrons. The summed E-state index contributed by atoms with van der Waals surface area (Å²) in [6, 6.07) is 2.56. The molecule has 0 spiro atoms. The molecule has 3 nitrogen and oxygen atoms in total. The summed E-state index contributed by atoms with van der Waals surface area (Å²) in [4.78, 5) is 0. The minimum absolute atomic E-state index is 0.386. The summed E-state index contributed by atoms with van der Waals surface area (Å²) in [5.41, 5.74) is 1.40. The van der Waals surface area contributed by atoms with Gasteiger partial charge in [-0.25, -0.2) is 4.68 Å². The lowest BCUT2D eigenvalue weighted by Crippen LogP contribution is -2.10. The van der Waals surface area contributed by atoms with Gasteiger partial charge >= 0.3 is 0 Å². The molecule has 1 saturated carbocycles. The van der Waals surface area contributed by atoms with Crippen LogP contribution in [0.2, 0.25) is 5.15 Å². The maximum Gasteiger partial charge on any atom is 0.145 e. The van der Waals surface area contributed by atoms with Gasteiger partial charge in [-0.05, 0) is 19.3 Å². The Bertz CT molecular complexity index is 423. The summed E-state index contributed by atoms with van der Waals surface area (Å²) in [6.07, 6.45) is 8.13. The van der Waals surface area contributed by atoms with Crippen molar-refractivity contribution in [3.05, 3.63) is 16.4 Å². The lowest BCUT2D eigenvalue weighted by Gasteiger charge is -2.15. The standard InChI is InChI=1S/C13H18ClN3/c1-2-12-11(9-15)13(14)17(16-12)10-7-5-3-4-6-8-10/h10H,2-8H2,1H3. The highest BCUT2D eigenvalue weighted by Crippen LogP contribution is 2.31. The normalized spacial score (nSPS) is 17.7. The van der Waals surface area contributed by atoms with Crippen molar-refractivity contribution in [1.82, 2.24) is 9.78 Å². The Hall–Kier alpha value is -1.01. The zero-order valence-corrected chi connectivity index (χ0v) is 11.0. The number of hydrogen-bond donors (Lipinski definition) is 0. The van der Waals surface area contributed by atoms with Gasteiger partial charge in [-0.3, -0.25) is 0 Å². The highest BCUT2D eigenvalue weighted by molar-refractivity contribution is 6.30. The maximum absolute atomic E-state index is 9.11. The number of aromatic nitrogens is 2. The molecule has 17 heavy (non-hydrogen) atoms. The van der Waals surface area contributed by atoms with Crippen LogP contribution in [-0.4, -0.2) is 9.78 Å². The minimum Gasteiger partial charge on any atom is -0.249 e. The summed E-state index contributed by atoms with van der Waals surface area (Å²) in [5, 5.41) is 14.2. The fourth-order valence-electron chi connectivity index (χ4n) is 2.56. The molecule has 0 aromatic carbocycles. The van der Waals surface area contributed by atoms with Crippen LogP contribution in [0.3, 0.4) is 0 Å². The van der Waals surface area contributed by atoms with E-state index in [4.69, 9.17) is 16.9 Å². The van der Waals surface area contributed by atoms with E-state index in [1.165, 1.54) is 25.7 Å². The van der Waals surface area contributed by atoms with Crippen molar-refractivity contribution in [1.29, 1.82) is 5.26 Å². The second-order valence-electron chi connectivity index (χ2n) is 4.67. The van der Waals surface area contributed by atoms with Gasteiger partial charge in [0.25, 0.3) is 0 Å². The molecule has 1 aromatic rings. The molecule has 0 radical (unpaired) electrons. The van der Waals surface area contributed by atoms with Crippen molar-refractivity contribution < 1.29 is 0 Å². The van der Waals surface area contributed by atoms with Crippen LogP contribution in [0.25, 0.3) is 0 Å². The molecule has 0 amide bonds. The van der Waals surface area contributed by atoms with Gasteiger partial charge in [0.1, 0.15) is 16.8 Å². The smallest absolute Gasteiger partial charge is 0.145 e. The van der Waals surface area contributed by atoms with E-state index in [1.807, 2.05) is 11.6 Å². The van der Waals surface area contributed by atoms with Gasteiger partial charge in [0.05, 0.1) is 11.7 Å². The summed E-state index contributed by atoms with van der Waals surface area (Å²) < 4.78 is 1.89. The number of nitriles is 1. The van der Waals surface area contributed by atoms with E-state index in [0.717, 1.165) is 25.0 Å². The van der Waals surface area contributed by atoms with Crippen molar-refractivity contribution in [2.75, 3.05) is 0 Å². The third-order valence-corrected chi connectivity index (χ3v) is 3.90. The number of nitrogens with zero attached hydrogens (tertiary/aromatic N) is 3. The van der Waals surface area contributed by atoms with Crippen molar-refractivity contribution in [3.8, 4) is 6.07 Å². The number of halogens is 1. The number of hydrogen-bond acceptors (Lipinski definition) is 2. The van der Waals surface area contributed by atoms with Gasteiger partial charge in [-0.1, -0.05) is 44.2 Å². The van der Waals surface area contributed by atoms with Crippen LogP contribution in [0.15, 0.2) is 0 Å². The Kier molecular flexibility index (Phi) is 4.06. The first-order valence-electron chi connectivity index (χ1n) is 6.45. The molecule has 1 fully saturated rings. The van der Waals surface area contributed by atoms with Crippen LogP contribution in [0, 0.1) is 11.3 Å². The molecule has 0 saturated heterocycles. The monoisotopic (exact) mass is 251 g/mol. The van der Waals surface area contributed by atoms with Gasteiger partial charge < -0.3 is 0 Å². The molecule has 1 heterocycles. The predicted molar refractivity (Wildman–Crippen MR) is 68.1 cm³/mol. The molecular weight excluding hydrogens is 234 g/mol. The number of rotatable bonds is 2. The van der Waals surface area contributed by atoms with Crippen LogP contribution in [0.4, 0.5) is 0 Å². The van der Waals surface area contributed by atoms with Crippen molar-refractivity contribution in [2.45, 2.75) is 57.9 Å². The summed E-state index contributed by atoms with van der Waals surface area (Å²) in [7, 11) is 0. The Morgan fingerprint density at radius 1 is 1.35 bits per heavy atom. The van der Waals surface area contributed by atoms with Gasteiger partial charge in [0, 0.05) is 0 Å². The van der Waals surface area contributed by atoms with Gasteiger partial charge in [0.2, 0.25) is 0 Å². The molecule has 1 aliphatic carbocycles. The molecule has 1 aliphatic rings. The highest BCUT2D eigenvalue weighted by atomic mass is 35.5. The van der Waals surface area contributed by atoms with Crippen LogP contribution < -0.4 is 0 Å². The average Bonchev–Trinajstić information content (AvgIpc) is 2.55. The Morgan fingerprint density at radius 2 is 2.00 bits per heavy atom. The average molecular weight is 252 g/mol. The van der Waals surface area contributed by atoms with Crippen molar-refractivity contribution in [3.63, 3.8) is 0 Å². The SMILES string of the molecule is CCc1nn(C2CCCCCC2)c(Cl)c1C#N. The van der Waals surface area contributed by atoms with E-state index in [0.29, 0.717) is 16.8 Å². The second-order valence-corrected chi connectivity index (χ2v) is 5.03. The molecule has 2 rings (SSSR count). The Morgan fingerprint density at radius 3 is 2.47 bits per heavy atom. The van der Waals surface area contributed by atoms with Crippen molar-refractivity contribution >= 4 is 11.6 Å². The Labute approximate surface area is 107 Å². The minimum atomic E-state index is 0.386. The largest absolute Gasteiger partial charge is 0.249 e. The van der Waals surface area contributed by atoms with Crippen molar-refractivity contribution in [2.24, 2.45) is 0 Å². The Balaban J connectivity index is 2.31. The molecule has 0 aliphatic heterocycles. The lowest BCUT2D eigenvalue weighted by molar-refractivity contribution is 0.404. The summed E-state index contributed by atoms with van der Waals surface area (Å²) in [5.74, 6) is 0. The van der Waals surface area contributed by atoms with Gasteiger partial charge in [-0.2, -0.15) is 10.4 Å². The topological polar surface area (TPSA) is 41.6 Å². The first-order valence-corrected chi connectivity index (χ1v) is 6.82. The van der Waals surface area contributed by atoms with Crippen LogP contribution in [0.5, 0.6) is 0 Å². The molecule has 0 atom stereocenters.